The van der Waals surface area contributed by atoms with Gasteiger partial charge in [-0.25, -0.2) is 9.79 Å². The smallest absolute Gasteiger partial charge is 0.333 e. The summed E-state index contributed by atoms with van der Waals surface area (Å²) in [6.45, 7) is 3.08. The normalized spacial score (nSPS) is 15.7. The Labute approximate surface area is 183 Å². The maximum Gasteiger partial charge on any atom is 0.333 e. The molecule has 2 aromatic carbocycles. The molecule has 30 heavy (non-hydrogen) atoms. The van der Waals surface area contributed by atoms with Crippen molar-refractivity contribution in [1.29, 1.82) is 0 Å². The van der Waals surface area contributed by atoms with Crippen molar-refractivity contribution in [3.63, 3.8) is 0 Å². The van der Waals surface area contributed by atoms with Crippen LogP contribution in [0.15, 0.2) is 47.5 Å². The summed E-state index contributed by atoms with van der Waals surface area (Å²) in [4.78, 5) is 46.9. The van der Waals surface area contributed by atoms with E-state index in [-0.39, 0.29) is 12.1 Å². The average molecular weight is 448 g/mol. The number of rotatable bonds is 5. The van der Waals surface area contributed by atoms with Gasteiger partial charge in [0.25, 0.3) is 0 Å². The van der Waals surface area contributed by atoms with Gasteiger partial charge in [-0.1, -0.05) is 48.3 Å². The second-order valence-corrected chi connectivity index (χ2v) is 7.41. The van der Waals surface area contributed by atoms with E-state index in [4.69, 9.17) is 28.0 Å². The van der Waals surface area contributed by atoms with Crippen LogP contribution in [-0.4, -0.2) is 29.7 Å². The molecule has 0 aliphatic carbocycles. The van der Waals surface area contributed by atoms with E-state index in [0.717, 1.165) is 5.06 Å². The minimum Gasteiger partial charge on any atom is -0.333 e. The van der Waals surface area contributed by atoms with Crippen molar-refractivity contribution in [1.82, 2.24) is 5.32 Å². The molecule has 2 amide bonds. The van der Waals surface area contributed by atoms with E-state index in [9.17, 15) is 14.4 Å². The van der Waals surface area contributed by atoms with E-state index in [0.29, 0.717) is 33.3 Å². The van der Waals surface area contributed by atoms with Crippen LogP contribution in [0, 0.1) is 0 Å². The first-order chi connectivity index (χ1) is 14.3. The number of hydrogen-bond acceptors (Lipinski definition) is 5. The second-order valence-electron chi connectivity index (χ2n) is 6.57. The van der Waals surface area contributed by atoms with Crippen molar-refractivity contribution in [3.05, 3.63) is 63.6 Å². The summed E-state index contributed by atoms with van der Waals surface area (Å²) in [5, 5.41) is 4.13. The number of fused-ring (bicyclic) bond motifs is 1. The first-order valence-corrected chi connectivity index (χ1v) is 10.0. The largest absolute Gasteiger partial charge is 0.333 e. The van der Waals surface area contributed by atoms with E-state index < -0.39 is 23.9 Å². The van der Waals surface area contributed by atoms with Gasteiger partial charge in [0.05, 0.1) is 11.4 Å². The number of anilines is 1. The fourth-order valence-corrected chi connectivity index (χ4v) is 3.36. The van der Waals surface area contributed by atoms with E-state index in [2.05, 4.69) is 10.3 Å². The Bertz CT molecular complexity index is 1040. The first-order valence-electron chi connectivity index (χ1n) is 9.26. The Hall–Kier alpha value is -2.90. The van der Waals surface area contributed by atoms with Gasteiger partial charge in [-0.2, -0.15) is 0 Å². The highest BCUT2D eigenvalue weighted by Gasteiger charge is 2.35. The zero-order chi connectivity index (χ0) is 21.8. The van der Waals surface area contributed by atoms with Gasteiger partial charge in [-0.3, -0.25) is 9.59 Å². The van der Waals surface area contributed by atoms with Crippen LogP contribution in [0.1, 0.15) is 37.8 Å². The Morgan fingerprint density at radius 1 is 1.17 bits per heavy atom. The van der Waals surface area contributed by atoms with Crippen molar-refractivity contribution in [2.45, 2.75) is 32.9 Å². The predicted molar refractivity (Wildman–Crippen MR) is 115 cm³/mol. The summed E-state index contributed by atoms with van der Waals surface area (Å²) in [5.41, 5.74) is 1.56. The molecule has 2 aromatic rings. The number of nitrogens with zero attached hydrogens (tertiary/aromatic N) is 2. The van der Waals surface area contributed by atoms with Gasteiger partial charge in [0.2, 0.25) is 12.1 Å². The van der Waals surface area contributed by atoms with Crippen molar-refractivity contribution >= 4 is 52.4 Å². The summed E-state index contributed by atoms with van der Waals surface area (Å²) in [5.74, 6) is -1.78. The molecule has 1 unspecified atom stereocenters. The fourth-order valence-electron chi connectivity index (χ4n) is 2.96. The Morgan fingerprint density at radius 3 is 2.57 bits per heavy atom. The van der Waals surface area contributed by atoms with Crippen LogP contribution in [0.25, 0.3) is 0 Å². The third-order valence-electron chi connectivity index (χ3n) is 4.24. The van der Waals surface area contributed by atoms with Crippen LogP contribution in [-0.2, 0) is 19.2 Å². The quantitative estimate of drug-likeness (QED) is 0.752. The van der Waals surface area contributed by atoms with Gasteiger partial charge in [0.15, 0.2) is 0 Å². The zero-order valence-electron chi connectivity index (χ0n) is 16.3. The standard InChI is InChI=1S/C21H19Cl2N3O4/c1-3-6-18(28)30-26-17-10-9-13(22)11-15(17)19(14-7-4-5-8-16(14)23)25-20(21(26)29)24-12(2)27/h4-5,7-11,20H,3,6H2,1-2H3,(H,24,27). The van der Waals surface area contributed by atoms with Gasteiger partial charge < -0.3 is 10.2 Å². The predicted octanol–water partition coefficient (Wildman–Crippen LogP) is 3.90. The van der Waals surface area contributed by atoms with Crippen molar-refractivity contribution in [2.75, 3.05) is 5.06 Å². The number of carbonyl (C=O) groups excluding carboxylic acids is 3. The number of hydroxylamine groups is 1. The van der Waals surface area contributed by atoms with Crippen LogP contribution >= 0.6 is 23.2 Å². The van der Waals surface area contributed by atoms with Crippen molar-refractivity contribution in [2.24, 2.45) is 4.99 Å². The number of amides is 2. The van der Waals surface area contributed by atoms with Gasteiger partial charge in [-0.05, 0) is 30.7 Å². The molecular formula is C21H19Cl2N3O4. The molecule has 1 aliphatic rings. The van der Waals surface area contributed by atoms with Crippen LogP contribution in [0.3, 0.4) is 0 Å². The highest BCUT2D eigenvalue weighted by atomic mass is 35.5. The van der Waals surface area contributed by atoms with E-state index >= 15 is 0 Å². The second kappa shape index (κ2) is 9.28. The first kappa shape index (κ1) is 21.8. The molecule has 3 rings (SSSR count). The summed E-state index contributed by atoms with van der Waals surface area (Å²) in [7, 11) is 0. The Kier molecular flexibility index (Phi) is 6.74. The maximum absolute atomic E-state index is 13.2. The molecule has 0 bridgehead atoms. The number of hydrogen-bond donors (Lipinski definition) is 1. The van der Waals surface area contributed by atoms with Gasteiger partial charge in [-0.15, -0.1) is 5.06 Å². The lowest BCUT2D eigenvalue weighted by atomic mass is 10.0. The van der Waals surface area contributed by atoms with E-state index in [1.165, 1.54) is 6.92 Å². The van der Waals surface area contributed by atoms with Crippen LogP contribution in [0.5, 0.6) is 0 Å². The number of benzene rings is 2. The monoisotopic (exact) mass is 447 g/mol. The lowest BCUT2D eigenvalue weighted by Gasteiger charge is -2.23. The van der Waals surface area contributed by atoms with Crippen molar-refractivity contribution in [3.8, 4) is 0 Å². The zero-order valence-corrected chi connectivity index (χ0v) is 17.8. The van der Waals surface area contributed by atoms with Crippen molar-refractivity contribution < 1.29 is 19.2 Å². The van der Waals surface area contributed by atoms with E-state index in [1.54, 1.807) is 42.5 Å². The molecule has 1 heterocycles. The highest BCUT2D eigenvalue weighted by molar-refractivity contribution is 6.37. The molecule has 7 nitrogen and oxygen atoms in total. The minimum absolute atomic E-state index is 0.121. The molecular weight excluding hydrogens is 429 g/mol. The Morgan fingerprint density at radius 2 is 1.90 bits per heavy atom. The van der Waals surface area contributed by atoms with Gasteiger partial charge >= 0.3 is 11.9 Å². The number of halogens is 2. The summed E-state index contributed by atoms with van der Waals surface area (Å²) >= 11 is 12.6. The van der Waals surface area contributed by atoms with Gasteiger partial charge in [0.1, 0.15) is 0 Å². The molecule has 0 aromatic heterocycles. The molecule has 0 saturated carbocycles. The number of carbonyl (C=O) groups is 3. The molecule has 1 N–H and O–H groups in total. The topological polar surface area (TPSA) is 88.1 Å². The number of aliphatic imine (C=N–C) groups is 1. The molecule has 0 radical (unpaired) electrons. The fraction of sp³-hybridized carbons (Fsp3) is 0.238. The summed E-state index contributed by atoms with van der Waals surface area (Å²) < 4.78 is 0. The SMILES string of the molecule is CCCC(=O)ON1C(=O)C(NC(C)=O)N=C(c2ccccc2Cl)c2cc(Cl)ccc21. The lowest BCUT2D eigenvalue weighted by Crippen LogP contribution is -2.47. The highest BCUT2D eigenvalue weighted by Crippen LogP contribution is 2.33. The van der Waals surface area contributed by atoms with E-state index in [1.807, 2.05) is 6.92 Å². The van der Waals surface area contributed by atoms with Crippen LogP contribution < -0.4 is 10.4 Å². The molecule has 156 valence electrons. The average Bonchev–Trinajstić information content (AvgIpc) is 2.79. The number of nitrogens with one attached hydrogen (secondary N) is 1. The molecule has 0 saturated heterocycles. The lowest BCUT2D eigenvalue weighted by molar-refractivity contribution is -0.151. The summed E-state index contributed by atoms with van der Waals surface area (Å²) in [6.07, 6.45) is -0.657. The third kappa shape index (κ3) is 4.63. The number of benzodiazepines with no additional fused rings is 1. The molecule has 0 spiro atoms. The molecule has 0 fully saturated rings. The molecule has 1 aliphatic heterocycles. The van der Waals surface area contributed by atoms with Gasteiger partial charge in [0, 0.05) is 34.5 Å². The third-order valence-corrected chi connectivity index (χ3v) is 4.81. The summed E-state index contributed by atoms with van der Waals surface area (Å²) in [6, 6.07) is 11.7. The molecule has 9 heteroatoms. The minimum atomic E-state index is -1.32. The Balaban J connectivity index is 2.23. The van der Waals surface area contributed by atoms with Crippen LogP contribution in [0.4, 0.5) is 5.69 Å². The van der Waals surface area contributed by atoms with Crippen LogP contribution in [0.2, 0.25) is 10.0 Å². The maximum atomic E-state index is 13.2. The molecule has 1 atom stereocenters.